The van der Waals surface area contributed by atoms with E-state index in [1.165, 1.54) is 0 Å². The average molecular weight is 331 g/mol. The van der Waals surface area contributed by atoms with Gasteiger partial charge in [-0.2, -0.15) is 0 Å². The zero-order valence-electron chi connectivity index (χ0n) is 14.2. The molecule has 1 amide bonds. The summed E-state index contributed by atoms with van der Waals surface area (Å²) in [6.45, 7) is 7.17. The van der Waals surface area contributed by atoms with E-state index in [2.05, 4.69) is 0 Å². The highest BCUT2D eigenvalue weighted by Crippen LogP contribution is 2.13. The van der Waals surface area contributed by atoms with E-state index in [0.29, 0.717) is 11.0 Å². The summed E-state index contributed by atoms with van der Waals surface area (Å²) in [7, 11) is 0. The van der Waals surface area contributed by atoms with Crippen LogP contribution in [0.25, 0.3) is 11.0 Å². The van der Waals surface area contributed by atoms with Crippen molar-refractivity contribution in [3.8, 4) is 0 Å². The summed E-state index contributed by atoms with van der Waals surface area (Å²) < 4.78 is 10.4. The first-order valence-electron chi connectivity index (χ1n) is 7.82. The Morgan fingerprint density at radius 2 is 1.75 bits per heavy atom. The molecule has 0 aliphatic carbocycles. The highest BCUT2D eigenvalue weighted by Gasteiger charge is 2.22. The van der Waals surface area contributed by atoms with Gasteiger partial charge in [-0.05, 0) is 39.8 Å². The third-order valence-corrected chi connectivity index (χ3v) is 3.56. The van der Waals surface area contributed by atoms with Crippen molar-refractivity contribution in [3.05, 3.63) is 46.3 Å². The van der Waals surface area contributed by atoms with Crippen molar-refractivity contribution in [2.75, 3.05) is 6.61 Å². The van der Waals surface area contributed by atoms with Crippen LogP contribution in [0.2, 0.25) is 0 Å². The van der Waals surface area contributed by atoms with Crippen molar-refractivity contribution < 1.29 is 18.7 Å². The molecule has 0 radical (unpaired) electrons. The number of hydrogen-bond donors (Lipinski definition) is 0. The quantitative estimate of drug-likeness (QED) is 0.787. The van der Waals surface area contributed by atoms with Gasteiger partial charge in [-0.25, -0.2) is 4.79 Å². The Kier molecular flexibility index (Phi) is 5.39. The number of fused-ring (bicyclic) bond motifs is 1. The number of nitrogens with zero attached hydrogens (tertiary/aromatic N) is 1. The van der Waals surface area contributed by atoms with Gasteiger partial charge in [0.1, 0.15) is 5.58 Å². The molecule has 1 heterocycles. The van der Waals surface area contributed by atoms with Crippen molar-refractivity contribution in [2.45, 2.75) is 39.8 Å². The Labute approximate surface area is 140 Å². The Hall–Kier alpha value is -2.63. The zero-order valence-corrected chi connectivity index (χ0v) is 14.2. The molecule has 0 atom stereocenters. The van der Waals surface area contributed by atoms with Gasteiger partial charge in [-0.3, -0.25) is 9.59 Å². The molecule has 0 bridgehead atoms. The molecule has 0 saturated heterocycles. The number of rotatable bonds is 5. The van der Waals surface area contributed by atoms with Gasteiger partial charge >= 0.3 is 5.97 Å². The molecule has 0 aliphatic rings. The van der Waals surface area contributed by atoms with Crippen molar-refractivity contribution in [2.24, 2.45) is 0 Å². The van der Waals surface area contributed by atoms with Gasteiger partial charge < -0.3 is 14.1 Å². The first-order chi connectivity index (χ1) is 11.3. The lowest BCUT2D eigenvalue weighted by atomic mass is 10.2. The fourth-order valence-corrected chi connectivity index (χ4v) is 2.65. The lowest BCUT2D eigenvalue weighted by molar-refractivity contribution is -0.138. The van der Waals surface area contributed by atoms with Crippen LogP contribution in [0.15, 0.2) is 39.5 Å². The molecule has 0 spiro atoms. The molecule has 0 fully saturated rings. The predicted molar refractivity (Wildman–Crippen MR) is 89.9 cm³/mol. The van der Waals surface area contributed by atoms with E-state index >= 15 is 0 Å². The van der Waals surface area contributed by atoms with Crippen LogP contribution in [0.4, 0.5) is 0 Å². The molecular weight excluding hydrogens is 310 g/mol. The molecule has 6 nitrogen and oxygen atoms in total. The lowest BCUT2D eigenvalue weighted by Gasteiger charge is -2.30. The number of amides is 1. The van der Waals surface area contributed by atoms with E-state index < -0.39 is 12.6 Å². The third-order valence-electron chi connectivity index (χ3n) is 3.56. The highest BCUT2D eigenvalue weighted by molar-refractivity contribution is 5.90. The second-order valence-corrected chi connectivity index (χ2v) is 6.04. The van der Waals surface area contributed by atoms with Crippen LogP contribution < -0.4 is 5.43 Å². The fraction of sp³-hybridized carbons (Fsp3) is 0.389. The van der Waals surface area contributed by atoms with Crippen molar-refractivity contribution in [1.82, 2.24) is 4.90 Å². The predicted octanol–water partition coefficient (Wildman–Crippen LogP) is 2.60. The summed E-state index contributed by atoms with van der Waals surface area (Å²) in [4.78, 5) is 37.9. The van der Waals surface area contributed by atoms with Gasteiger partial charge in [0.15, 0.2) is 12.0 Å². The van der Waals surface area contributed by atoms with Crippen LogP contribution in [0.1, 0.15) is 38.2 Å². The summed E-state index contributed by atoms with van der Waals surface area (Å²) in [5, 5.41) is 0.385. The first-order valence-corrected chi connectivity index (χ1v) is 7.82. The standard InChI is InChI=1S/C18H21NO5/c1-11(2)19(12(3)4)17(21)10-23-18(22)16-9-14(20)13-7-5-6-8-15(13)24-16/h5-9,11-12H,10H2,1-4H3. The second-order valence-electron chi connectivity index (χ2n) is 6.04. The van der Waals surface area contributed by atoms with Gasteiger partial charge in [0.05, 0.1) is 5.39 Å². The lowest BCUT2D eigenvalue weighted by Crippen LogP contribution is -2.44. The number of hydrogen-bond acceptors (Lipinski definition) is 5. The van der Waals surface area contributed by atoms with Gasteiger partial charge in [-0.1, -0.05) is 12.1 Å². The van der Waals surface area contributed by atoms with Gasteiger partial charge in [0.2, 0.25) is 5.76 Å². The number of carbonyl (C=O) groups excluding carboxylic acids is 2. The van der Waals surface area contributed by atoms with Crippen molar-refractivity contribution in [3.63, 3.8) is 0 Å². The number of esters is 1. The van der Waals surface area contributed by atoms with Crippen LogP contribution in [-0.4, -0.2) is 35.5 Å². The monoisotopic (exact) mass is 331 g/mol. The molecule has 24 heavy (non-hydrogen) atoms. The zero-order chi connectivity index (χ0) is 17.9. The summed E-state index contributed by atoms with van der Waals surface area (Å²) >= 11 is 0. The SMILES string of the molecule is CC(C)N(C(=O)COC(=O)c1cc(=O)c2ccccc2o1)C(C)C. The maximum Gasteiger partial charge on any atom is 0.374 e. The first kappa shape index (κ1) is 17.7. The van der Waals surface area contributed by atoms with E-state index in [9.17, 15) is 14.4 Å². The Morgan fingerprint density at radius 1 is 1.12 bits per heavy atom. The average Bonchev–Trinajstić information content (AvgIpc) is 2.51. The number of ether oxygens (including phenoxy) is 1. The number of para-hydroxylation sites is 1. The molecule has 1 aromatic heterocycles. The van der Waals surface area contributed by atoms with Crippen molar-refractivity contribution in [1.29, 1.82) is 0 Å². The number of benzene rings is 1. The molecule has 2 rings (SSSR count). The smallest absolute Gasteiger partial charge is 0.374 e. The fourth-order valence-electron chi connectivity index (χ4n) is 2.65. The van der Waals surface area contributed by atoms with E-state index in [1.807, 2.05) is 27.7 Å². The third kappa shape index (κ3) is 3.82. The Bertz CT molecular complexity index is 798. The molecule has 2 aromatic rings. The van der Waals surface area contributed by atoms with Crippen LogP contribution in [-0.2, 0) is 9.53 Å². The highest BCUT2D eigenvalue weighted by atomic mass is 16.5. The summed E-state index contributed by atoms with van der Waals surface area (Å²) in [6.07, 6.45) is 0. The van der Waals surface area contributed by atoms with Gasteiger partial charge in [0, 0.05) is 18.2 Å². The normalized spacial score (nSPS) is 11.1. The number of carbonyl (C=O) groups is 2. The van der Waals surface area contributed by atoms with E-state index in [-0.39, 0.29) is 29.2 Å². The van der Waals surface area contributed by atoms with Crippen LogP contribution in [0.3, 0.4) is 0 Å². The van der Waals surface area contributed by atoms with E-state index in [1.54, 1.807) is 29.2 Å². The maximum atomic E-state index is 12.2. The van der Waals surface area contributed by atoms with E-state index in [0.717, 1.165) is 6.07 Å². The summed E-state index contributed by atoms with van der Waals surface area (Å²) in [6, 6.07) is 7.69. The minimum Gasteiger partial charge on any atom is -0.450 e. The van der Waals surface area contributed by atoms with Gasteiger partial charge in [-0.15, -0.1) is 0 Å². The molecule has 0 saturated carbocycles. The maximum absolute atomic E-state index is 12.2. The van der Waals surface area contributed by atoms with Crippen LogP contribution in [0.5, 0.6) is 0 Å². The van der Waals surface area contributed by atoms with Gasteiger partial charge in [0.25, 0.3) is 5.91 Å². The topological polar surface area (TPSA) is 76.8 Å². The second kappa shape index (κ2) is 7.29. The summed E-state index contributed by atoms with van der Waals surface area (Å²) in [5.74, 6) is -1.35. The molecular formula is C18H21NO5. The molecule has 128 valence electrons. The molecule has 0 aliphatic heterocycles. The largest absolute Gasteiger partial charge is 0.450 e. The molecule has 6 heteroatoms. The summed E-state index contributed by atoms with van der Waals surface area (Å²) in [5.41, 5.74) is -0.0321. The Balaban J connectivity index is 2.13. The molecule has 0 N–H and O–H groups in total. The molecule has 1 aromatic carbocycles. The molecule has 0 unspecified atom stereocenters. The van der Waals surface area contributed by atoms with Crippen molar-refractivity contribution >= 4 is 22.8 Å². The van der Waals surface area contributed by atoms with E-state index in [4.69, 9.17) is 9.15 Å². The van der Waals surface area contributed by atoms with Crippen LogP contribution in [0, 0.1) is 0 Å². The van der Waals surface area contributed by atoms with Crippen LogP contribution >= 0.6 is 0 Å². The Morgan fingerprint density at radius 3 is 2.38 bits per heavy atom. The minimum absolute atomic E-state index is 0.00481. The minimum atomic E-state index is -0.835.